The molecule has 96 valence electrons. The minimum absolute atomic E-state index is 0.0332. The molecule has 0 saturated carbocycles. The highest BCUT2D eigenvalue weighted by molar-refractivity contribution is 4.95. The Kier molecular flexibility index (Phi) is 4.57. The van der Waals surface area contributed by atoms with Crippen molar-refractivity contribution in [3.63, 3.8) is 0 Å². The van der Waals surface area contributed by atoms with Gasteiger partial charge in [-0.05, 0) is 0 Å². The van der Waals surface area contributed by atoms with E-state index in [1.807, 2.05) is 0 Å². The van der Waals surface area contributed by atoms with Crippen LogP contribution < -0.4 is 0 Å². The number of alkyl halides is 2. The molecule has 0 aromatic heterocycles. The largest absolute Gasteiger partial charge is 0.382 e. The van der Waals surface area contributed by atoms with Crippen molar-refractivity contribution >= 4 is 0 Å². The lowest BCUT2D eigenvalue weighted by molar-refractivity contribution is -0.352. The normalized spacial score (nSPS) is 38.6. The van der Waals surface area contributed by atoms with Gasteiger partial charge in [0.05, 0.1) is 6.61 Å². The molecule has 0 aromatic carbocycles. The van der Waals surface area contributed by atoms with Gasteiger partial charge in [0.1, 0.15) is 12.2 Å². The summed E-state index contributed by atoms with van der Waals surface area (Å²) in [5, 5.41) is 9.19. The highest BCUT2D eigenvalue weighted by atomic mass is 19.3. The van der Waals surface area contributed by atoms with Crippen LogP contribution in [0.25, 0.3) is 0 Å². The Morgan fingerprint density at radius 1 is 1.25 bits per heavy atom. The van der Waals surface area contributed by atoms with Gasteiger partial charge in [-0.15, -0.1) is 0 Å². The van der Waals surface area contributed by atoms with Crippen LogP contribution in [0.15, 0.2) is 0 Å². The first kappa shape index (κ1) is 13.7. The molecule has 1 unspecified atom stereocenters. The molecule has 4 atom stereocenters. The predicted octanol–water partition coefficient (Wildman–Crippen LogP) is 0.0153. The van der Waals surface area contributed by atoms with Gasteiger partial charge >= 0.3 is 5.92 Å². The van der Waals surface area contributed by atoms with Crippen LogP contribution in [-0.2, 0) is 18.9 Å². The molecule has 0 spiro atoms. The summed E-state index contributed by atoms with van der Waals surface area (Å²) < 4.78 is 46.2. The van der Waals surface area contributed by atoms with Crippen molar-refractivity contribution in [3.05, 3.63) is 0 Å². The van der Waals surface area contributed by atoms with Crippen LogP contribution in [0.1, 0.15) is 0 Å². The molecule has 1 aliphatic rings. The number of aliphatic hydroxyl groups excluding tert-OH is 1. The van der Waals surface area contributed by atoms with Crippen LogP contribution >= 0.6 is 0 Å². The quantitative estimate of drug-likeness (QED) is 0.753. The highest BCUT2D eigenvalue weighted by Gasteiger charge is 2.58. The molecule has 1 aliphatic heterocycles. The zero-order valence-corrected chi connectivity index (χ0v) is 9.35. The Morgan fingerprint density at radius 3 is 2.31 bits per heavy atom. The summed E-state index contributed by atoms with van der Waals surface area (Å²) in [6, 6.07) is 0. The Hall–Kier alpha value is -0.340. The second-order valence-corrected chi connectivity index (χ2v) is 3.51. The molecule has 0 aromatic rings. The van der Waals surface area contributed by atoms with Gasteiger partial charge in [0, 0.05) is 21.3 Å². The molecule has 5 nitrogen and oxygen atoms in total. The SMILES string of the molecule is COC[C@H]1OC(O)C(F)(F)[C@@H](OC)[C@H]1OC. The van der Waals surface area contributed by atoms with Crippen LogP contribution in [0.3, 0.4) is 0 Å². The highest BCUT2D eigenvalue weighted by Crippen LogP contribution is 2.36. The first-order chi connectivity index (χ1) is 7.48. The number of hydrogen-bond donors (Lipinski definition) is 1. The third kappa shape index (κ3) is 2.33. The second kappa shape index (κ2) is 5.33. The van der Waals surface area contributed by atoms with Crippen molar-refractivity contribution < 1.29 is 32.8 Å². The molecule has 1 N–H and O–H groups in total. The van der Waals surface area contributed by atoms with E-state index < -0.39 is 30.5 Å². The third-order valence-corrected chi connectivity index (χ3v) is 2.53. The molecule has 0 radical (unpaired) electrons. The smallest absolute Gasteiger partial charge is 0.325 e. The standard InChI is InChI=1S/C9H16F2O5/c1-13-4-5-6(14-2)7(15-3)9(10,11)8(12)16-5/h5-8,12H,4H2,1-3H3/t5-,6+,7+,8?/m1/s1. The summed E-state index contributed by atoms with van der Waals surface area (Å²) in [4.78, 5) is 0. The van der Waals surface area contributed by atoms with E-state index in [9.17, 15) is 13.9 Å². The molecule has 0 bridgehead atoms. The van der Waals surface area contributed by atoms with E-state index in [-0.39, 0.29) is 6.61 Å². The maximum Gasteiger partial charge on any atom is 0.325 e. The van der Waals surface area contributed by atoms with E-state index >= 15 is 0 Å². The van der Waals surface area contributed by atoms with E-state index in [1.165, 1.54) is 14.2 Å². The molecular weight excluding hydrogens is 226 g/mol. The maximum atomic E-state index is 13.5. The van der Waals surface area contributed by atoms with Crippen molar-refractivity contribution in [2.75, 3.05) is 27.9 Å². The molecule has 1 heterocycles. The van der Waals surface area contributed by atoms with Gasteiger partial charge in [0.2, 0.25) is 6.29 Å². The van der Waals surface area contributed by atoms with Crippen LogP contribution in [-0.4, -0.2) is 63.6 Å². The zero-order valence-electron chi connectivity index (χ0n) is 9.35. The summed E-state index contributed by atoms with van der Waals surface area (Å²) in [6.45, 7) is 0.0332. The van der Waals surface area contributed by atoms with E-state index in [0.717, 1.165) is 7.11 Å². The molecule has 0 amide bonds. The number of halogens is 2. The van der Waals surface area contributed by atoms with Crippen LogP contribution in [0.2, 0.25) is 0 Å². The van der Waals surface area contributed by atoms with Crippen LogP contribution in [0.5, 0.6) is 0 Å². The van der Waals surface area contributed by atoms with Gasteiger partial charge in [-0.2, -0.15) is 8.78 Å². The number of methoxy groups -OCH3 is 3. The number of aliphatic hydroxyl groups is 1. The molecule has 7 heteroatoms. The van der Waals surface area contributed by atoms with Crippen molar-refractivity contribution in [2.45, 2.75) is 30.5 Å². The van der Waals surface area contributed by atoms with Crippen molar-refractivity contribution in [3.8, 4) is 0 Å². The van der Waals surface area contributed by atoms with E-state index in [2.05, 4.69) is 4.74 Å². The summed E-state index contributed by atoms with van der Waals surface area (Å²) in [7, 11) is 3.81. The van der Waals surface area contributed by atoms with Gasteiger partial charge in [-0.3, -0.25) is 0 Å². The summed E-state index contributed by atoms with van der Waals surface area (Å²) in [5.41, 5.74) is 0. The second-order valence-electron chi connectivity index (χ2n) is 3.51. The minimum Gasteiger partial charge on any atom is -0.382 e. The average Bonchev–Trinajstić information content (AvgIpc) is 2.23. The van der Waals surface area contributed by atoms with Crippen LogP contribution in [0.4, 0.5) is 8.78 Å². The van der Waals surface area contributed by atoms with Crippen LogP contribution in [0, 0.1) is 0 Å². The Labute approximate surface area is 92.2 Å². The van der Waals surface area contributed by atoms with Gasteiger partial charge in [0.25, 0.3) is 0 Å². The zero-order chi connectivity index (χ0) is 12.3. The molecule has 1 saturated heterocycles. The van der Waals surface area contributed by atoms with Gasteiger partial charge in [-0.1, -0.05) is 0 Å². The third-order valence-electron chi connectivity index (χ3n) is 2.53. The summed E-state index contributed by atoms with van der Waals surface area (Å²) >= 11 is 0. The molecule has 1 fully saturated rings. The summed E-state index contributed by atoms with van der Waals surface area (Å²) in [6.07, 6.45) is -5.58. The first-order valence-electron chi connectivity index (χ1n) is 4.74. The Balaban J connectivity index is 2.88. The predicted molar refractivity (Wildman–Crippen MR) is 49.3 cm³/mol. The van der Waals surface area contributed by atoms with Gasteiger partial charge < -0.3 is 24.1 Å². The lowest BCUT2D eigenvalue weighted by Gasteiger charge is -2.43. The monoisotopic (exact) mass is 242 g/mol. The van der Waals surface area contributed by atoms with Gasteiger partial charge in [-0.25, -0.2) is 0 Å². The first-order valence-corrected chi connectivity index (χ1v) is 4.74. The molecule has 16 heavy (non-hydrogen) atoms. The minimum atomic E-state index is -3.51. The Morgan fingerprint density at radius 2 is 1.88 bits per heavy atom. The topological polar surface area (TPSA) is 57.2 Å². The Bertz CT molecular complexity index is 226. The fourth-order valence-corrected chi connectivity index (χ4v) is 1.75. The van der Waals surface area contributed by atoms with Gasteiger partial charge in [0.15, 0.2) is 6.10 Å². The lowest BCUT2D eigenvalue weighted by Crippen LogP contribution is -2.63. The van der Waals surface area contributed by atoms with Crippen molar-refractivity contribution in [1.82, 2.24) is 0 Å². The molecule has 1 rings (SSSR count). The fourth-order valence-electron chi connectivity index (χ4n) is 1.75. The molecule has 0 aliphatic carbocycles. The molecular formula is C9H16F2O5. The summed E-state index contributed by atoms with van der Waals surface area (Å²) in [5.74, 6) is -3.51. The number of rotatable bonds is 4. The number of hydrogen-bond acceptors (Lipinski definition) is 5. The average molecular weight is 242 g/mol. The van der Waals surface area contributed by atoms with E-state index in [1.54, 1.807) is 0 Å². The maximum absolute atomic E-state index is 13.5. The number of ether oxygens (including phenoxy) is 4. The van der Waals surface area contributed by atoms with Crippen molar-refractivity contribution in [2.24, 2.45) is 0 Å². The van der Waals surface area contributed by atoms with E-state index in [0.29, 0.717) is 0 Å². The van der Waals surface area contributed by atoms with Crippen molar-refractivity contribution in [1.29, 1.82) is 0 Å². The lowest BCUT2D eigenvalue weighted by atomic mass is 9.98. The van der Waals surface area contributed by atoms with E-state index in [4.69, 9.17) is 14.2 Å². The fraction of sp³-hybridized carbons (Fsp3) is 1.00.